The van der Waals surface area contributed by atoms with Crippen LogP contribution in [0.5, 0.6) is 0 Å². The number of hydrogen-bond donors (Lipinski definition) is 0. The van der Waals surface area contributed by atoms with Gasteiger partial charge in [-0.3, -0.25) is 0 Å². The molecule has 2 rings (SSSR count). The van der Waals surface area contributed by atoms with E-state index in [2.05, 4.69) is 50.2 Å². The van der Waals surface area contributed by atoms with Crippen molar-refractivity contribution in [1.82, 2.24) is 24.5 Å². The van der Waals surface area contributed by atoms with Crippen LogP contribution >= 0.6 is 11.6 Å². The first kappa shape index (κ1) is 15.7. The van der Waals surface area contributed by atoms with E-state index in [4.69, 9.17) is 11.6 Å². The van der Waals surface area contributed by atoms with E-state index in [1.54, 1.807) is 6.20 Å². The molecule has 0 saturated heterocycles. The molecule has 2 aromatic heterocycles. The Morgan fingerprint density at radius 1 is 1.14 bits per heavy atom. The molecule has 0 aliphatic carbocycles. The summed E-state index contributed by atoms with van der Waals surface area (Å²) in [5.41, 5.74) is 0. The molecule has 6 nitrogen and oxygen atoms in total. The minimum absolute atomic E-state index is 0.232. The molecule has 0 bridgehead atoms. The van der Waals surface area contributed by atoms with Gasteiger partial charge in [-0.25, -0.2) is 9.97 Å². The monoisotopic (exact) mass is 308 g/mol. The Balaban J connectivity index is 2.25. The van der Waals surface area contributed by atoms with Gasteiger partial charge in [-0.15, -0.1) is 0 Å². The summed E-state index contributed by atoms with van der Waals surface area (Å²) < 4.78 is 2.12. The Bertz CT molecular complexity index is 579. The highest BCUT2D eigenvalue weighted by Crippen LogP contribution is 2.13. The summed E-state index contributed by atoms with van der Waals surface area (Å²) in [7, 11) is 0. The van der Waals surface area contributed by atoms with Crippen LogP contribution in [0, 0.1) is 0 Å². The van der Waals surface area contributed by atoms with Gasteiger partial charge >= 0.3 is 0 Å². The molecule has 0 atom stereocenters. The van der Waals surface area contributed by atoms with Gasteiger partial charge in [-0.05, 0) is 31.9 Å². The lowest BCUT2D eigenvalue weighted by atomic mass is 10.3. The zero-order valence-electron chi connectivity index (χ0n) is 12.8. The summed E-state index contributed by atoms with van der Waals surface area (Å²) in [6.07, 6.45) is 5.40. The average Bonchev–Trinajstić information content (AvgIpc) is 2.87. The molecular weight excluding hydrogens is 288 g/mol. The van der Waals surface area contributed by atoms with E-state index < -0.39 is 0 Å². The number of anilines is 1. The summed E-state index contributed by atoms with van der Waals surface area (Å²) in [4.78, 5) is 19.4. The second kappa shape index (κ2) is 7.36. The Morgan fingerprint density at radius 3 is 2.57 bits per heavy atom. The average molecular weight is 309 g/mol. The molecule has 0 fully saturated rings. The van der Waals surface area contributed by atoms with Crippen LogP contribution in [0.3, 0.4) is 0 Å². The topological polar surface area (TPSA) is 59.7 Å². The summed E-state index contributed by atoms with van der Waals surface area (Å²) in [5, 5.41) is 0.232. The number of aromatic nitrogens is 5. The third-order valence-electron chi connectivity index (χ3n) is 3.27. The van der Waals surface area contributed by atoms with Gasteiger partial charge in [0.1, 0.15) is 11.6 Å². The lowest BCUT2D eigenvalue weighted by molar-refractivity contribution is 0.640. The van der Waals surface area contributed by atoms with Crippen LogP contribution in [0.2, 0.25) is 5.28 Å². The van der Waals surface area contributed by atoms with Gasteiger partial charge in [0.2, 0.25) is 11.2 Å². The molecule has 0 radical (unpaired) electrons. The fraction of sp³-hybridized carbons (Fsp3) is 0.571. The maximum Gasteiger partial charge on any atom is 0.229 e. The Labute approximate surface area is 130 Å². The van der Waals surface area contributed by atoms with Gasteiger partial charge < -0.3 is 9.47 Å². The molecule has 2 heterocycles. The van der Waals surface area contributed by atoms with Gasteiger partial charge in [-0.2, -0.15) is 9.97 Å². The number of hydrogen-bond acceptors (Lipinski definition) is 5. The van der Waals surface area contributed by atoms with E-state index in [1.165, 1.54) is 0 Å². The summed E-state index contributed by atoms with van der Waals surface area (Å²) >= 11 is 6.03. The maximum absolute atomic E-state index is 6.03. The van der Waals surface area contributed by atoms with Crippen LogP contribution in [0.15, 0.2) is 12.4 Å². The molecule has 21 heavy (non-hydrogen) atoms. The Kier molecular flexibility index (Phi) is 5.50. The van der Waals surface area contributed by atoms with Crippen LogP contribution in [0.1, 0.15) is 38.8 Å². The molecule has 0 unspecified atom stereocenters. The van der Waals surface area contributed by atoms with E-state index >= 15 is 0 Å². The van der Waals surface area contributed by atoms with Gasteiger partial charge in [-0.1, -0.05) is 6.92 Å². The second-order valence-electron chi connectivity index (χ2n) is 4.71. The molecule has 0 aliphatic rings. The number of aryl methyl sites for hydroxylation is 1. The van der Waals surface area contributed by atoms with Crippen molar-refractivity contribution in [2.24, 2.45) is 0 Å². The van der Waals surface area contributed by atoms with Crippen molar-refractivity contribution < 1.29 is 0 Å². The van der Waals surface area contributed by atoms with Gasteiger partial charge in [0.25, 0.3) is 0 Å². The number of halogens is 1. The molecule has 114 valence electrons. The molecule has 0 spiro atoms. The van der Waals surface area contributed by atoms with Crippen LogP contribution in [-0.4, -0.2) is 37.6 Å². The number of rotatable bonds is 7. The molecule has 7 heteroatoms. The summed E-state index contributed by atoms with van der Waals surface area (Å²) in [6, 6.07) is 0. The normalized spacial score (nSPS) is 10.9. The quantitative estimate of drug-likeness (QED) is 0.787. The third-order valence-corrected chi connectivity index (χ3v) is 3.44. The fourth-order valence-corrected chi connectivity index (χ4v) is 2.37. The van der Waals surface area contributed by atoms with E-state index in [9.17, 15) is 0 Å². The van der Waals surface area contributed by atoms with Crippen molar-refractivity contribution in [3.8, 4) is 0 Å². The van der Waals surface area contributed by atoms with Crippen molar-refractivity contribution in [1.29, 1.82) is 0 Å². The van der Waals surface area contributed by atoms with Crippen molar-refractivity contribution in [2.75, 3.05) is 18.0 Å². The van der Waals surface area contributed by atoms with Crippen LogP contribution in [0.4, 0.5) is 5.95 Å². The summed E-state index contributed by atoms with van der Waals surface area (Å²) in [5.74, 6) is 2.23. The van der Waals surface area contributed by atoms with Crippen LogP contribution in [0.25, 0.3) is 0 Å². The van der Waals surface area contributed by atoms with E-state index in [0.717, 1.165) is 31.9 Å². The highest BCUT2D eigenvalue weighted by molar-refractivity contribution is 6.28. The first-order valence-corrected chi connectivity index (χ1v) is 7.71. The lowest BCUT2D eigenvalue weighted by Crippen LogP contribution is -2.25. The van der Waals surface area contributed by atoms with E-state index in [-0.39, 0.29) is 5.28 Å². The fourth-order valence-electron chi connectivity index (χ4n) is 2.20. The minimum atomic E-state index is 0.232. The highest BCUT2D eigenvalue weighted by Gasteiger charge is 2.12. The predicted molar refractivity (Wildman–Crippen MR) is 83.7 cm³/mol. The third kappa shape index (κ3) is 3.91. The van der Waals surface area contributed by atoms with Gasteiger partial charge in [0, 0.05) is 32.0 Å². The Hall–Kier alpha value is -1.69. The molecular formula is C14H21ClN6. The number of imidazole rings is 1. The largest absolute Gasteiger partial charge is 0.341 e. The summed E-state index contributed by atoms with van der Waals surface area (Å²) in [6.45, 7) is 8.88. The highest BCUT2D eigenvalue weighted by atomic mass is 35.5. The number of nitrogens with zero attached hydrogens (tertiary/aromatic N) is 6. The Morgan fingerprint density at radius 2 is 1.90 bits per heavy atom. The molecule has 0 saturated carbocycles. The second-order valence-corrected chi connectivity index (χ2v) is 5.04. The van der Waals surface area contributed by atoms with Crippen LogP contribution in [-0.2, 0) is 13.0 Å². The van der Waals surface area contributed by atoms with E-state index in [1.807, 2.05) is 6.20 Å². The SMILES string of the molecule is CCCn1ccnc1Cc1nc(Cl)nc(N(CC)CC)n1. The van der Waals surface area contributed by atoms with E-state index in [0.29, 0.717) is 18.2 Å². The smallest absolute Gasteiger partial charge is 0.229 e. The maximum atomic E-state index is 6.03. The van der Waals surface area contributed by atoms with Crippen molar-refractivity contribution in [3.05, 3.63) is 29.3 Å². The minimum Gasteiger partial charge on any atom is -0.341 e. The van der Waals surface area contributed by atoms with Crippen molar-refractivity contribution in [3.63, 3.8) is 0 Å². The van der Waals surface area contributed by atoms with Crippen molar-refractivity contribution in [2.45, 2.75) is 40.2 Å². The standard InChI is InChI=1S/C14H21ClN6/c1-4-8-21-9-7-16-12(21)10-11-17-13(15)19-14(18-11)20(5-2)6-3/h7,9H,4-6,8,10H2,1-3H3. The van der Waals surface area contributed by atoms with Crippen molar-refractivity contribution >= 4 is 17.5 Å². The molecule has 0 aliphatic heterocycles. The zero-order valence-corrected chi connectivity index (χ0v) is 13.5. The van der Waals surface area contributed by atoms with Gasteiger partial charge in [0.05, 0.1) is 6.42 Å². The lowest BCUT2D eigenvalue weighted by Gasteiger charge is -2.18. The van der Waals surface area contributed by atoms with Crippen LogP contribution < -0.4 is 4.90 Å². The first-order chi connectivity index (χ1) is 10.2. The predicted octanol–water partition coefficient (Wildman–Crippen LogP) is 2.57. The molecule has 0 N–H and O–H groups in total. The zero-order chi connectivity index (χ0) is 15.2. The molecule has 2 aromatic rings. The molecule has 0 amide bonds. The molecule has 0 aromatic carbocycles. The van der Waals surface area contributed by atoms with Gasteiger partial charge in [0.15, 0.2) is 0 Å². The first-order valence-electron chi connectivity index (χ1n) is 7.33.